The Labute approximate surface area is 255 Å². The van der Waals surface area contributed by atoms with E-state index in [9.17, 15) is 23.1 Å². The fraction of sp³-hybridized carbons (Fsp3) is 0.355. The van der Waals surface area contributed by atoms with Crippen molar-refractivity contribution in [3.63, 3.8) is 0 Å². The molecule has 8 nitrogen and oxygen atoms in total. The molecule has 0 radical (unpaired) electrons. The van der Waals surface area contributed by atoms with Gasteiger partial charge in [-0.3, -0.25) is 13.9 Å². The molecule has 1 saturated carbocycles. The number of hydrogen-bond donors (Lipinski definition) is 1. The lowest BCUT2D eigenvalue weighted by atomic mass is 9.89. The van der Waals surface area contributed by atoms with Crippen LogP contribution in [-0.4, -0.2) is 54.2 Å². The predicted molar refractivity (Wildman–Crippen MR) is 162 cm³/mol. The van der Waals surface area contributed by atoms with Crippen molar-refractivity contribution in [3.8, 4) is 0 Å². The molecule has 2 aliphatic rings. The number of nitrogens with zero attached hydrogens (tertiary/aromatic N) is 2. The largest absolute Gasteiger partial charge is 0.481 e. The third-order valence-electron chi connectivity index (χ3n) is 7.71. The molecule has 1 aliphatic carbocycles. The second-order valence-corrected chi connectivity index (χ2v) is 13.6. The number of rotatable bonds is 11. The number of amides is 1. The normalized spacial score (nSPS) is 21.6. The van der Waals surface area contributed by atoms with Crippen molar-refractivity contribution in [2.24, 2.45) is 0 Å². The number of morpholine rings is 1. The summed E-state index contributed by atoms with van der Waals surface area (Å²) >= 11 is 12.6. The van der Waals surface area contributed by atoms with Crippen LogP contribution in [0.15, 0.2) is 78.9 Å². The van der Waals surface area contributed by atoms with Crippen molar-refractivity contribution in [3.05, 3.63) is 100 Å². The summed E-state index contributed by atoms with van der Waals surface area (Å²) in [5.41, 5.74) is 1.89. The quantitative estimate of drug-likeness (QED) is 0.268. The number of anilines is 1. The third-order valence-corrected chi connectivity index (χ3v) is 10.5. The lowest BCUT2D eigenvalue weighted by Crippen LogP contribution is -2.58. The average Bonchev–Trinajstić information content (AvgIpc) is 3.82. The summed E-state index contributed by atoms with van der Waals surface area (Å²) in [5.74, 6) is -1.70. The first kappa shape index (κ1) is 30.4. The number of para-hydroxylation sites is 1. The monoisotopic (exact) mass is 630 g/mol. The standard InChI is InChI=1S/C31H32Cl2N2O6S/c1-2-24(19-34(25-9-4-3-5-10-25)42(39,40)26-15-16-26)35-29(20-11-13-22(32)14-12-20)30(21-7-6-8-23(33)17-21)41-27(31(35)38)18-28(36)37/h3-14,17,24,26-27,29-30H,2,15-16,18-19H2,1H3,(H,36,37)/t24?,27-,29-,30+/m1/s1. The van der Waals surface area contributed by atoms with E-state index in [0.717, 1.165) is 0 Å². The maximum Gasteiger partial charge on any atom is 0.306 e. The molecule has 5 rings (SSSR count). The summed E-state index contributed by atoms with van der Waals surface area (Å²) in [5, 5.41) is 10.2. The van der Waals surface area contributed by atoms with Gasteiger partial charge in [0.05, 0.1) is 36.0 Å². The zero-order valence-electron chi connectivity index (χ0n) is 23.0. The highest BCUT2D eigenvalue weighted by molar-refractivity contribution is 7.93. The summed E-state index contributed by atoms with van der Waals surface area (Å²) in [6.45, 7) is 1.89. The predicted octanol–water partition coefficient (Wildman–Crippen LogP) is 6.26. The zero-order valence-corrected chi connectivity index (χ0v) is 25.3. The van der Waals surface area contributed by atoms with Crippen LogP contribution >= 0.6 is 23.2 Å². The molecule has 3 aromatic rings. The average molecular weight is 632 g/mol. The van der Waals surface area contributed by atoms with Crippen LogP contribution in [0.3, 0.4) is 0 Å². The van der Waals surface area contributed by atoms with Crippen molar-refractivity contribution >= 4 is 50.8 Å². The van der Waals surface area contributed by atoms with Gasteiger partial charge in [0.15, 0.2) is 0 Å². The van der Waals surface area contributed by atoms with Crippen LogP contribution in [0.2, 0.25) is 10.0 Å². The molecule has 0 spiro atoms. The Kier molecular flexibility index (Phi) is 9.13. The topological polar surface area (TPSA) is 104 Å². The van der Waals surface area contributed by atoms with Gasteiger partial charge in [-0.1, -0.05) is 72.6 Å². The molecule has 222 valence electrons. The van der Waals surface area contributed by atoms with Crippen LogP contribution in [0.5, 0.6) is 0 Å². The van der Waals surface area contributed by atoms with E-state index in [-0.39, 0.29) is 6.54 Å². The van der Waals surface area contributed by atoms with Gasteiger partial charge in [0.1, 0.15) is 12.2 Å². The second-order valence-electron chi connectivity index (χ2n) is 10.6. The number of sulfonamides is 1. The highest BCUT2D eigenvalue weighted by atomic mass is 35.5. The molecular weight excluding hydrogens is 599 g/mol. The molecule has 1 unspecified atom stereocenters. The molecule has 1 N–H and O–H groups in total. The molecule has 42 heavy (non-hydrogen) atoms. The minimum atomic E-state index is -3.70. The summed E-state index contributed by atoms with van der Waals surface area (Å²) in [6.07, 6.45) is -1.03. The van der Waals surface area contributed by atoms with E-state index >= 15 is 0 Å². The van der Waals surface area contributed by atoms with Crippen LogP contribution in [0, 0.1) is 0 Å². The molecule has 4 atom stereocenters. The minimum absolute atomic E-state index is 0.00274. The maximum absolute atomic E-state index is 14.2. The first-order chi connectivity index (χ1) is 20.1. The van der Waals surface area contributed by atoms with E-state index in [0.29, 0.717) is 46.1 Å². The Morgan fingerprint density at radius 3 is 2.29 bits per heavy atom. The number of aliphatic carboxylic acids is 1. The van der Waals surface area contributed by atoms with E-state index in [1.165, 1.54) is 4.31 Å². The van der Waals surface area contributed by atoms with Crippen LogP contribution in [0.1, 0.15) is 55.9 Å². The highest BCUT2D eigenvalue weighted by Gasteiger charge is 2.49. The summed E-state index contributed by atoms with van der Waals surface area (Å²) in [4.78, 5) is 27.7. The molecular formula is C31H32Cl2N2O6S. The van der Waals surface area contributed by atoms with E-state index in [1.54, 1.807) is 71.6 Å². The van der Waals surface area contributed by atoms with Crippen molar-refractivity contribution in [2.45, 2.75) is 62.1 Å². The smallest absolute Gasteiger partial charge is 0.306 e. The van der Waals surface area contributed by atoms with Crippen molar-refractivity contribution in [2.75, 3.05) is 10.8 Å². The Balaban J connectivity index is 1.64. The number of carbonyl (C=O) groups is 2. The number of benzene rings is 3. The number of ether oxygens (including phenoxy) is 1. The third kappa shape index (κ3) is 6.44. The van der Waals surface area contributed by atoms with Gasteiger partial charge < -0.3 is 14.7 Å². The fourth-order valence-electron chi connectivity index (χ4n) is 5.50. The van der Waals surface area contributed by atoms with Crippen molar-refractivity contribution < 1.29 is 27.9 Å². The number of carboxylic acid groups (broad SMARTS) is 1. The SMILES string of the molecule is CCC(CN(c1ccccc1)S(=O)(=O)C1CC1)N1C(=O)[C@@H](CC(=O)O)O[C@@H](c2cccc(Cl)c2)[C@H]1c1ccc(Cl)cc1. The van der Waals surface area contributed by atoms with Gasteiger partial charge in [-0.05, 0) is 66.8 Å². The zero-order chi connectivity index (χ0) is 30.0. The molecule has 0 bridgehead atoms. The molecule has 1 saturated heterocycles. The summed E-state index contributed by atoms with van der Waals surface area (Å²) in [7, 11) is -3.70. The van der Waals surface area contributed by atoms with E-state index in [4.69, 9.17) is 27.9 Å². The van der Waals surface area contributed by atoms with Gasteiger partial charge in [0, 0.05) is 10.0 Å². The van der Waals surface area contributed by atoms with E-state index < -0.39 is 57.9 Å². The molecule has 1 heterocycles. The Morgan fingerprint density at radius 1 is 1.00 bits per heavy atom. The van der Waals surface area contributed by atoms with Gasteiger partial charge in [-0.25, -0.2) is 8.42 Å². The Bertz CT molecular complexity index is 1530. The van der Waals surface area contributed by atoms with E-state index in [2.05, 4.69) is 0 Å². The molecule has 0 aromatic heterocycles. The lowest BCUT2D eigenvalue weighted by molar-refractivity contribution is -0.183. The minimum Gasteiger partial charge on any atom is -0.481 e. The van der Waals surface area contributed by atoms with Crippen LogP contribution in [0.25, 0.3) is 0 Å². The Hall–Kier alpha value is -3.11. The molecule has 1 aliphatic heterocycles. The maximum atomic E-state index is 14.2. The molecule has 1 amide bonds. The van der Waals surface area contributed by atoms with Gasteiger partial charge in [0.2, 0.25) is 10.0 Å². The van der Waals surface area contributed by atoms with Crippen molar-refractivity contribution in [1.29, 1.82) is 0 Å². The first-order valence-electron chi connectivity index (χ1n) is 13.9. The fourth-order valence-corrected chi connectivity index (χ4v) is 7.71. The van der Waals surface area contributed by atoms with Crippen LogP contribution in [0.4, 0.5) is 5.69 Å². The number of halogens is 2. The summed E-state index contributed by atoms with van der Waals surface area (Å²) in [6, 6.07) is 21.6. The van der Waals surface area contributed by atoms with E-state index in [1.807, 2.05) is 19.1 Å². The summed E-state index contributed by atoms with van der Waals surface area (Å²) < 4.78 is 35.1. The molecule has 3 aromatic carbocycles. The number of hydrogen-bond acceptors (Lipinski definition) is 5. The van der Waals surface area contributed by atoms with Gasteiger partial charge in [-0.2, -0.15) is 0 Å². The highest BCUT2D eigenvalue weighted by Crippen LogP contribution is 2.45. The van der Waals surface area contributed by atoms with Gasteiger partial charge in [0.25, 0.3) is 5.91 Å². The molecule has 11 heteroatoms. The van der Waals surface area contributed by atoms with Gasteiger partial charge >= 0.3 is 5.97 Å². The van der Waals surface area contributed by atoms with Crippen LogP contribution < -0.4 is 4.31 Å². The number of carbonyl (C=O) groups excluding carboxylic acids is 1. The lowest BCUT2D eigenvalue weighted by Gasteiger charge is -2.48. The number of carboxylic acids is 1. The second kappa shape index (κ2) is 12.6. The Morgan fingerprint density at radius 2 is 1.69 bits per heavy atom. The van der Waals surface area contributed by atoms with Gasteiger partial charge in [-0.15, -0.1) is 0 Å². The van der Waals surface area contributed by atoms with Crippen LogP contribution in [-0.2, 0) is 24.3 Å². The first-order valence-corrected chi connectivity index (χ1v) is 16.1. The molecule has 2 fully saturated rings. The van der Waals surface area contributed by atoms with Crippen molar-refractivity contribution in [1.82, 2.24) is 4.90 Å².